The van der Waals surface area contributed by atoms with Gasteiger partial charge in [0.05, 0.1) is 13.2 Å². The van der Waals surface area contributed by atoms with Crippen molar-refractivity contribution in [2.75, 3.05) is 50.8 Å². The number of rotatable bonds is 8. The molecule has 6 nitrogen and oxygen atoms in total. The van der Waals surface area contributed by atoms with E-state index in [2.05, 4.69) is 57.6 Å². The standard InChI is InChI=1S/C27H36N4O2/c1-21-19-24(31-17-18-33-26(28)20-31)9-10-25(21)27(32)29-13-5-6-14-30-15-11-23(12-16-30)22-7-3-2-4-8-22/h2-4,7-11,19,26H,5-6,12-18,20,28H2,1H3,(H,29,32). The van der Waals surface area contributed by atoms with E-state index in [9.17, 15) is 4.79 Å². The SMILES string of the molecule is Cc1cc(N2CCOC(N)C2)ccc1C(=O)NCCCCN1CC=C(c2ccccc2)CC1. The zero-order valence-corrected chi connectivity index (χ0v) is 19.6. The van der Waals surface area contributed by atoms with Gasteiger partial charge in [-0.25, -0.2) is 0 Å². The van der Waals surface area contributed by atoms with Crippen LogP contribution in [0.3, 0.4) is 0 Å². The third-order valence-electron chi connectivity index (χ3n) is 6.54. The van der Waals surface area contributed by atoms with Crippen molar-refractivity contribution >= 4 is 17.2 Å². The summed E-state index contributed by atoms with van der Waals surface area (Å²) in [4.78, 5) is 17.4. The van der Waals surface area contributed by atoms with E-state index in [0.717, 1.165) is 62.3 Å². The first-order valence-electron chi connectivity index (χ1n) is 12.1. The van der Waals surface area contributed by atoms with E-state index < -0.39 is 0 Å². The maximum atomic E-state index is 12.7. The minimum Gasteiger partial charge on any atom is -0.365 e. The van der Waals surface area contributed by atoms with Crippen LogP contribution in [-0.2, 0) is 4.74 Å². The van der Waals surface area contributed by atoms with Gasteiger partial charge in [0.25, 0.3) is 5.91 Å². The highest BCUT2D eigenvalue weighted by molar-refractivity contribution is 5.96. The Morgan fingerprint density at radius 3 is 2.73 bits per heavy atom. The van der Waals surface area contributed by atoms with Crippen LogP contribution in [0.25, 0.3) is 5.57 Å². The molecule has 1 amide bonds. The molecule has 33 heavy (non-hydrogen) atoms. The van der Waals surface area contributed by atoms with E-state index in [-0.39, 0.29) is 12.1 Å². The lowest BCUT2D eigenvalue weighted by atomic mass is 9.99. The van der Waals surface area contributed by atoms with Crippen molar-refractivity contribution in [3.05, 3.63) is 71.3 Å². The predicted octanol–water partition coefficient (Wildman–Crippen LogP) is 3.42. The van der Waals surface area contributed by atoms with E-state index in [1.165, 1.54) is 11.1 Å². The number of unbranched alkanes of at least 4 members (excludes halogenated alkanes) is 1. The smallest absolute Gasteiger partial charge is 0.251 e. The lowest BCUT2D eigenvalue weighted by Gasteiger charge is -2.33. The van der Waals surface area contributed by atoms with Crippen molar-refractivity contribution < 1.29 is 9.53 Å². The van der Waals surface area contributed by atoms with Crippen LogP contribution >= 0.6 is 0 Å². The number of benzene rings is 2. The van der Waals surface area contributed by atoms with Crippen LogP contribution in [0.4, 0.5) is 5.69 Å². The summed E-state index contributed by atoms with van der Waals surface area (Å²) in [5.74, 6) is 0.00568. The number of nitrogens with two attached hydrogens (primary N) is 1. The quantitative estimate of drug-likeness (QED) is 0.606. The molecule has 1 saturated heterocycles. The number of anilines is 1. The van der Waals surface area contributed by atoms with Gasteiger partial charge in [0.1, 0.15) is 6.23 Å². The fourth-order valence-electron chi connectivity index (χ4n) is 4.60. The monoisotopic (exact) mass is 448 g/mol. The van der Waals surface area contributed by atoms with Crippen molar-refractivity contribution in [1.29, 1.82) is 0 Å². The molecule has 2 aliphatic rings. The first-order chi connectivity index (χ1) is 16.1. The van der Waals surface area contributed by atoms with E-state index >= 15 is 0 Å². The Morgan fingerprint density at radius 1 is 1.15 bits per heavy atom. The number of hydrogen-bond donors (Lipinski definition) is 2. The summed E-state index contributed by atoms with van der Waals surface area (Å²) < 4.78 is 5.41. The molecule has 6 heteroatoms. The lowest BCUT2D eigenvalue weighted by molar-refractivity contribution is 0.0451. The lowest BCUT2D eigenvalue weighted by Crippen LogP contribution is -2.46. The number of ether oxygens (including phenoxy) is 1. The van der Waals surface area contributed by atoms with Crippen LogP contribution in [0.2, 0.25) is 0 Å². The summed E-state index contributed by atoms with van der Waals surface area (Å²) in [7, 11) is 0. The normalized spacial score (nSPS) is 19.3. The summed E-state index contributed by atoms with van der Waals surface area (Å²) in [5.41, 5.74) is 11.5. The van der Waals surface area contributed by atoms with Gasteiger partial charge in [0.2, 0.25) is 0 Å². The molecule has 1 atom stereocenters. The van der Waals surface area contributed by atoms with Crippen LogP contribution in [0.5, 0.6) is 0 Å². The molecule has 2 aromatic rings. The fourth-order valence-corrected chi connectivity index (χ4v) is 4.60. The molecule has 4 rings (SSSR count). The maximum absolute atomic E-state index is 12.7. The number of morpholine rings is 1. The fraction of sp³-hybridized carbons (Fsp3) is 0.444. The molecule has 0 aliphatic carbocycles. The van der Waals surface area contributed by atoms with E-state index in [1.807, 2.05) is 19.1 Å². The van der Waals surface area contributed by atoms with Gasteiger partial charge in [-0.15, -0.1) is 0 Å². The second-order valence-corrected chi connectivity index (χ2v) is 8.96. The van der Waals surface area contributed by atoms with E-state index in [4.69, 9.17) is 10.5 Å². The van der Waals surface area contributed by atoms with Crippen LogP contribution in [0, 0.1) is 6.92 Å². The van der Waals surface area contributed by atoms with Gasteiger partial charge < -0.3 is 20.7 Å². The molecular weight excluding hydrogens is 412 g/mol. The van der Waals surface area contributed by atoms with Gasteiger partial charge >= 0.3 is 0 Å². The van der Waals surface area contributed by atoms with Crippen molar-refractivity contribution in [1.82, 2.24) is 10.2 Å². The molecule has 0 aromatic heterocycles. The Labute approximate surface area is 197 Å². The Hall–Kier alpha value is -2.67. The Morgan fingerprint density at radius 2 is 2.00 bits per heavy atom. The molecule has 0 saturated carbocycles. The molecule has 3 N–H and O–H groups in total. The van der Waals surface area contributed by atoms with E-state index in [0.29, 0.717) is 19.7 Å². The summed E-state index contributed by atoms with van der Waals surface area (Å²) in [5, 5.41) is 3.09. The highest BCUT2D eigenvalue weighted by Crippen LogP contribution is 2.23. The number of hydrogen-bond acceptors (Lipinski definition) is 5. The summed E-state index contributed by atoms with van der Waals surface area (Å²) >= 11 is 0. The molecule has 2 aromatic carbocycles. The van der Waals surface area contributed by atoms with Crippen LogP contribution < -0.4 is 16.0 Å². The number of amides is 1. The molecular formula is C27H36N4O2. The van der Waals surface area contributed by atoms with Crippen LogP contribution in [0.15, 0.2) is 54.6 Å². The van der Waals surface area contributed by atoms with Crippen molar-refractivity contribution in [2.24, 2.45) is 5.73 Å². The predicted molar refractivity (Wildman–Crippen MR) is 134 cm³/mol. The minimum atomic E-state index is -0.256. The van der Waals surface area contributed by atoms with Gasteiger partial charge in [0, 0.05) is 37.4 Å². The topological polar surface area (TPSA) is 70.8 Å². The number of nitrogens with zero attached hydrogens (tertiary/aromatic N) is 2. The highest BCUT2D eigenvalue weighted by atomic mass is 16.5. The second kappa shape index (κ2) is 11.5. The molecule has 2 aliphatic heterocycles. The molecule has 2 heterocycles. The first kappa shape index (κ1) is 23.5. The van der Waals surface area contributed by atoms with Gasteiger partial charge in [-0.2, -0.15) is 0 Å². The third-order valence-corrected chi connectivity index (χ3v) is 6.54. The number of nitrogens with one attached hydrogen (secondary N) is 1. The summed E-state index contributed by atoms with van der Waals surface area (Å²) in [6.07, 6.45) is 5.28. The molecule has 0 spiro atoms. The van der Waals surface area contributed by atoms with Crippen LogP contribution in [0.1, 0.15) is 40.7 Å². The Balaban J connectivity index is 1.17. The summed E-state index contributed by atoms with van der Waals surface area (Å²) in [6.45, 7) is 8.01. The molecule has 0 radical (unpaired) electrons. The van der Waals surface area contributed by atoms with E-state index in [1.54, 1.807) is 0 Å². The van der Waals surface area contributed by atoms with Crippen molar-refractivity contribution in [3.8, 4) is 0 Å². The van der Waals surface area contributed by atoms with Crippen molar-refractivity contribution in [3.63, 3.8) is 0 Å². The molecule has 1 fully saturated rings. The van der Waals surface area contributed by atoms with Crippen molar-refractivity contribution in [2.45, 2.75) is 32.4 Å². The second-order valence-electron chi connectivity index (χ2n) is 8.96. The number of carbonyl (C=O) groups is 1. The Kier molecular flexibility index (Phi) is 8.15. The number of carbonyl (C=O) groups excluding carboxylic acids is 1. The average molecular weight is 449 g/mol. The number of aryl methyl sites for hydroxylation is 1. The molecule has 176 valence electrons. The zero-order chi connectivity index (χ0) is 23.0. The van der Waals surface area contributed by atoms with Gasteiger partial charge in [-0.3, -0.25) is 9.69 Å². The molecule has 0 bridgehead atoms. The van der Waals surface area contributed by atoms with Gasteiger partial charge in [0.15, 0.2) is 0 Å². The zero-order valence-electron chi connectivity index (χ0n) is 19.6. The average Bonchev–Trinajstić information content (AvgIpc) is 2.84. The van der Waals surface area contributed by atoms with Gasteiger partial charge in [-0.05, 0) is 67.6 Å². The first-order valence-corrected chi connectivity index (χ1v) is 12.1. The largest absolute Gasteiger partial charge is 0.365 e. The maximum Gasteiger partial charge on any atom is 0.251 e. The highest BCUT2D eigenvalue weighted by Gasteiger charge is 2.19. The van der Waals surface area contributed by atoms with Crippen LogP contribution in [-0.4, -0.2) is 62.9 Å². The Bertz CT molecular complexity index is 960. The molecule has 1 unspecified atom stereocenters. The third kappa shape index (κ3) is 6.44. The summed E-state index contributed by atoms with van der Waals surface area (Å²) in [6, 6.07) is 16.7. The van der Waals surface area contributed by atoms with Gasteiger partial charge in [-0.1, -0.05) is 36.4 Å². The minimum absolute atomic E-state index is 0.00568.